The van der Waals surface area contributed by atoms with Gasteiger partial charge in [-0.05, 0) is 19.3 Å². The Bertz CT molecular complexity index is 212. The second kappa shape index (κ2) is 22.0. The lowest BCUT2D eigenvalue weighted by atomic mass is 10.1. The normalized spacial score (nSPS) is 11.5. The van der Waals surface area contributed by atoms with E-state index in [4.69, 9.17) is 0 Å². The lowest BCUT2D eigenvalue weighted by Gasteiger charge is -2.13. The quantitative estimate of drug-likeness (QED) is 0.145. The molecule has 0 saturated heterocycles. The van der Waals surface area contributed by atoms with Crippen LogP contribution in [0.25, 0.3) is 0 Å². The second-order valence-electron chi connectivity index (χ2n) is 8.14. The Labute approximate surface area is 161 Å². The summed E-state index contributed by atoms with van der Waals surface area (Å²) in [4.78, 5) is 2.79. The summed E-state index contributed by atoms with van der Waals surface area (Å²) in [5, 5.41) is 0. The van der Waals surface area contributed by atoms with Crippen LogP contribution in [0.4, 0.5) is 0 Å². The number of nitrogens with zero attached hydrogens (tertiary/aromatic N) is 1. The van der Waals surface area contributed by atoms with Crippen molar-refractivity contribution in [1.82, 2.24) is 4.90 Å². The van der Waals surface area contributed by atoms with Crippen molar-refractivity contribution in [2.45, 2.75) is 136 Å². The Morgan fingerprint density at radius 2 is 0.560 bits per heavy atom. The first-order valence-corrected chi connectivity index (χ1v) is 12.1. The minimum Gasteiger partial charge on any atom is -0.170 e. The first kappa shape index (κ1) is 25.0. The van der Waals surface area contributed by atoms with Gasteiger partial charge in [-0.3, -0.25) is 0 Å². The molecule has 1 nitrogen and oxygen atoms in total. The average molecular weight is 354 g/mol. The Balaban J connectivity index is 3.71. The lowest BCUT2D eigenvalue weighted by Crippen LogP contribution is -2.33. The van der Waals surface area contributed by atoms with E-state index in [2.05, 4.69) is 25.7 Å². The van der Waals surface area contributed by atoms with Gasteiger partial charge in [-0.1, -0.05) is 97.8 Å². The number of hydrogen-bond donors (Lipinski definition) is 0. The molecular weight excluding hydrogens is 302 g/mol. The molecule has 0 N–H and O–H groups in total. The SMILES string of the molecule is CCCCCCCCCC[N+](CCCCCCC)CCCCCCC. The van der Waals surface area contributed by atoms with E-state index in [0.29, 0.717) is 0 Å². The summed E-state index contributed by atoms with van der Waals surface area (Å²) in [6.07, 6.45) is 25.7. The molecule has 0 aromatic carbocycles. The van der Waals surface area contributed by atoms with Crippen LogP contribution in [0.15, 0.2) is 0 Å². The highest BCUT2D eigenvalue weighted by Gasteiger charge is 2.13. The molecule has 0 heterocycles. The third-order valence-corrected chi connectivity index (χ3v) is 5.48. The highest BCUT2D eigenvalue weighted by molar-refractivity contribution is 4.65. The summed E-state index contributed by atoms with van der Waals surface area (Å²) in [6, 6.07) is 0. The molecular formula is C24H51N+. The maximum atomic E-state index is 2.79. The molecule has 1 heteroatoms. The van der Waals surface area contributed by atoms with Crippen molar-refractivity contribution < 1.29 is 0 Å². The first-order chi connectivity index (χ1) is 12.3. The minimum atomic E-state index is 1.36. The van der Waals surface area contributed by atoms with Crippen LogP contribution in [0.5, 0.6) is 0 Å². The Morgan fingerprint density at radius 3 is 0.840 bits per heavy atom. The second-order valence-corrected chi connectivity index (χ2v) is 8.14. The van der Waals surface area contributed by atoms with E-state index in [1.165, 1.54) is 135 Å². The maximum absolute atomic E-state index is 2.79. The summed E-state index contributed by atoms with van der Waals surface area (Å²) in [6.45, 7) is 11.0. The lowest BCUT2D eigenvalue weighted by molar-refractivity contribution is 0.368. The average Bonchev–Trinajstić information content (AvgIpc) is 2.62. The van der Waals surface area contributed by atoms with Crippen molar-refractivity contribution in [1.29, 1.82) is 0 Å². The van der Waals surface area contributed by atoms with Gasteiger partial charge in [-0.2, -0.15) is 4.90 Å². The predicted octanol–water partition coefficient (Wildman–Crippen LogP) is 8.21. The van der Waals surface area contributed by atoms with E-state index in [1.54, 1.807) is 0 Å². The predicted molar refractivity (Wildman–Crippen MR) is 117 cm³/mol. The van der Waals surface area contributed by atoms with Gasteiger partial charge >= 0.3 is 0 Å². The highest BCUT2D eigenvalue weighted by Crippen LogP contribution is 2.10. The van der Waals surface area contributed by atoms with E-state index in [0.717, 1.165) is 0 Å². The van der Waals surface area contributed by atoms with Gasteiger partial charge in [-0.15, -0.1) is 0 Å². The van der Waals surface area contributed by atoms with Gasteiger partial charge in [0.25, 0.3) is 0 Å². The fourth-order valence-electron chi connectivity index (χ4n) is 3.68. The van der Waals surface area contributed by atoms with Crippen LogP contribution in [-0.4, -0.2) is 19.6 Å². The van der Waals surface area contributed by atoms with E-state index < -0.39 is 0 Å². The maximum Gasteiger partial charge on any atom is 0.122 e. The molecule has 0 aromatic rings. The Hall–Kier alpha value is -0.0400. The summed E-state index contributed by atoms with van der Waals surface area (Å²) < 4.78 is 0. The van der Waals surface area contributed by atoms with Gasteiger partial charge in [0.1, 0.15) is 19.6 Å². The Morgan fingerprint density at radius 1 is 0.320 bits per heavy atom. The van der Waals surface area contributed by atoms with Crippen LogP contribution in [0.3, 0.4) is 0 Å². The molecule has 0 aliphatic heterocycles. The third kappa shape index (κ3) is 20.1. The van der Waals surface area contributed by atoms with Crippen molar-refractivity contribution in [2.75, 3.05) is 19.6 Å². The van der Waals surface area contributed by atoms with Crippen molar-refractivity contribution in [2.24, 2.45) is 0 Å². The largest absolute Gasteiger partial charge is 0.170 e. The third-order valence-electron chi connectivity index (χ3n) is 5.48. The van der Waals surface area contributed by atoms with Crippen molar-refractivity contribution in [3.8, 4) is 0 Å². The minimum absolute atomic E-state index is 1.36. The van der Waals surface area contributed by atoms with Crippen molar-refractivity contribution >= 4 is 0 Å². The number of unbranched alkanes of at least 4 members (excludes halogenated alkanes) is 15. The molecule has 0 atom stereocenters. The van der Waals surface area contributed by atoms with Gasteiger partial charge in [0, 0.05) is 19.3 Å². The van der Waals surface area contributed by atoms with Crippen LogP contribution in [0, 0.1) is 0 Å². The zero-order chi connectivity index (χ0) is 18.4. The summed E-state index contributed by atoms with van der Waals surface area (Å²) in [5.41, 5.74) is 0. The fraction of sp³-hybridized carbons (Fsp3) is 1.00. The molecule has 0 saturated carbocycles. The van der Waals surface area contributed by atoms with Gasteiger partial charge in [0.2, 0.25) is 0 Å². The van der Waals surface area contributed by atoms with Crippen molar-refractivity contribution in [3.05, 3.63) is 0 Å². The molecule has 0 bridgehead atoms. The van der Waals surface area contributed by atoms with Crippen LogP contribution >= 0.6 is 0 Å². The van der Waals surface area contributed by atoms with Gasteiger partial charge < -0.3 is 0 Å². The van der Waals surface area contributed by atoms with Crippen LogP contribution in [0.2, 0.25) is 0 Å². The van der Waals surface area contributed by atoms with Crippen molar-refractivity contribution in [3.63, 3.8) is 0 Å². The van der Waals surface area contributed by atoms with Crippen LogP contribution in [0.1, 0.15) is 136 Å². The van der Waals surface area contributed by atoms with Crippen LogP contribution < -0.4 is 4.90 Å². The van der Waals surface area contributed by atoms with Gasteiger partial charge in [-0.25, -0.2) is 0 Å². The molecule has 0 aliphatic carbocycles. The monoisotopic (exact) mass is 353 g/mol. The molecule has 151 valence electrons. The zero-order valence-electron chi connectivity index (χ0n) is 18.3. The first-order valence-electron chi connectivity index (χ1n) is 12.1. The van der Waals surface area contributed by atoms with Gasteiger partial charge in [0.15, 0.2) is 0 Å². The fourth-order valence-corrected chi connectivity index (χ4v) is 3.68. The molecule has 0 amide bonds. The number of rotatable bonds is 21. The Kier molecular flexibility index (Phi) is 22.0. The molecule has 0 unspecified atom stereocenters. The van der Waals surface area contributed by atoms with E-state index in [-0.39, 0.29) is 0 Å². The van der Waals surface area contributed by atoms with E-state index in [1.807, 2.05) is 0 Å². The molecule has 0 aromatic heterocycles. The topological polar surface area (TPSA) is 5.90 Å². The molecule has 0 rings (SSSR count). The molecule has 0 fully saturated rings. The summed E-state index contributed by atoms with van der Waals surface area (Å²) in [7, 11) is 0. The van der Waals surface area contributed by atoms with E-state index >= 15 is 0 Å². The highest BCUT2D eigenvalue weighted by atomic mass is 15.1. The summed E-state index contributed by atoms with van der Waals surface area (Å²) >= 11 is 0. The molecule has 0 aliphatic rings. The standard InChI is InChI=1S/C24H51N/c1-4-7-10-13-14-15-18-21-24-25(22-19-16-11-8-5-2)23-20-17-12-9-6-3/h4-24H2,1-3H3/q+1. The zero-order valence-corrected chi connectivity index (χ0v) is 18.3. The van der Waals surface area contributed by atoms with E-state index in [9.17, 15) is 0 Å². The summed E-state index contributed by atoms with van der Waals surface area (Å²) in [5.74, 6) is 0. The molecule has 1 radical (unpaired) electrons. The smallest absolute Gasteiger partial charge is 0.122 e. The van der Waals surface area contributed by atoms with Gasteiger partial charge in [0.05, 0.1) is 0 Å². The number of hydrogen-bond acceptors (Lipinski definition) is 1. The van der Waals surface area contributed by atoms with Crippen LogP contribution in [-0.2, 0) is 0 Å². The molecule has 0 spiro atoms. The molecule has 25 heavy (non-hydrogen) atoms.